The molecule has 204 valence electrons. The summed E-state index contributed by atoms with van der Waals surface area (Å²) in [5.74, 6) is -0.0144. The normalized spacial score (nSPS) is 11.3. The molecule has 2 amide bonds. The number of aryl methyl sites for hydroxylation is 1. The number of halogens is 2. The van der Waals surface area contributed by atoms with E-state index in [9.17, 15) is 13.6 Å². The molecule has 0 unspecified atom stereocenters. The Morgan fingerprint density at radius 3 is 2.38 bits per heavy atom. The summed E-state index contributed by atoms with van der Waals surface area (Å²) in [6, 6.07) is 14.3. The van der Waals surface area contributed by atoms with Gasteiger partial charge < -0.3 is 10.1 Å². The quantitative estimate of drug-likeness (QED) is 0.249. The van der Waals surface area contributed by atoms with Gasteiger partial charge in [-0.1, -0.05) is 20.8 Å². The van der Waals surface area contributed by atoms with Crippen LogP contribution in [0.2, 0.25) is 0 Å². The zero-order valence-electron chi connectivity index (χ0n) is 22.3. The molecule has 3 heterocycles. The Hall–Kier alpha value is -5.06. The van der Waals surface area contributed by atoms with E-state index >= 15 is 0 Å². The highest BCUT2D eigenvalue weighted by Gasteiger charge is 2.22. The largest absolute Gasteiger partial charge is 0.457 e. The smallest absolute Gasteiger partial charge is 0.324 e. The molecule has 0 saturated carbocycles. The van der Waals surface area contributed by atoms with Crippen LogP contribution in [0.25, 0.3) is 16.9 Å². The van der Waals surface area contributed by atoms with Gasteiger partial charge in [0, 0.05) is 48.6 Å². The van der Waals surface area contributed by atoms with E-state index in [1.807, 2.05) is 34.0 Å². The third-order valence-electron chi connectivity index (χ3n) is 5.95. The summed E-state index contributed by atoms with van der Waals surface area (Å²) in [6.07, 6.45) is 5.11. The van der Waals surface area contributed by atoms with Crippen molar-refractivity contribution in [2.24, 2.45) is 7.05 Å². The van der Waals surface area contributed by atoms with E-state index < -0.39 is 11.8 Å². The first-order valence-corrected chi connectivity index (χ1v) is 12.4. The summed E-state index contributed by atoms with van der Waals surface area (Å²) in [7, 11) is 1.81. The standard InChI is InChI=1S/C29H27F2N7O2/c1-29(2,3)26-15-27(38(36-26)20-7-5-19(30)6-8-20)35-28(39)34-24-10-9-21(13-23(24)31)40-22-11-12-32-25(14-22)18-16-33-37(4)17-18/h5-17H,1-4H3,(H2,34,35,39). The Labute approximate surface area is 229 Å². The molecule has 5 aromatic rings. The molecule has 2 aromatic carbocycles. The molecule has 0 aliphatic heterocycles. The zero-order valence-corrected chi connectivity index (χ0v) is 22.3. The fourth-order valence-electron chi connectivity index (χ4n) is 3.87. The number of carbonyl (C=O) groups excluding carboxylic acids is 1. The summed E-state index contributed by atoms with van der Waals surface area (Å²) >= 11 is 0. The first-order valence-electron chi connectivity index (χ1n) is 12.4. The summed E-state index contributed by atoms with van der Waals surface area (Å²) in [4.78, 5) is 17.2. The summed E-state index contributed by atoms with van der Waals surface area (Å²) in [5.41, 5.74) is 2.40. The van der Waals surface area contributed by atoms with Gasteiger partial charge in [0.1, 0.15) is 29.0 Å². The lowest BCUT2D eigenvalue weighted by molar-refractivity contribution is 0.262. The topological polar surface area (TPSA) is 98.9 Å². The molecule has 11 heteroatoms. The Balaban J connectivity index is 1.30. The average molecular weight is 544 g/mol. The lowest BCUT2D eigenvalue weighted by atomic mass is 9.92. The second-order valence-electron chi connectivity index (χ2n) is 10.2. The Kier molecular flexibility index (Phi) is 7.03. The molecule has 2 N–H and O–H groups in total. The number of carbonyl (C=O) groups is 1. The number of nitrogens with one attached hydrogen (secondary N) is 2. The molecular formula is C29H27F2N7O2. The monoisotopic (exact) mass is 543 g/mol. The van der Waals surface area contributed by atoms with Crippen molar-refractivity contribution in [2.45, 2.75) is 26.2 Å². The molecule has 0 fully saturated rings. The van der Waals surface area contributed by atoms with E-state index in [0.29, 0.717) is 28.6 Å². The maximum Gasteiger partial charge on any atom is 0.324 e. The van der Waals surface area contributed by atoms with Gasteiger partial charge in [0.2, 0.25) is 0 Å². The fourth-order valence-corrected chi connectivity index (χ4v) is 3.87. The van der Waals surface area contributed by atoms with E-state index in [0.717, 1.165) is 5.56 Å². The van der Waals surface area contributed by atoms with Gasteiger partial charge >= 0.3 is 6.03 Å². The van der Waals surface area contributed by atoms with Crippen molar-refractivity contribution in [3.8, 4) is 28.4 Å². The average Bonchev–Trinajstić information content (AvgIpc) is 3.53. The highest BCUT2D eigenvalue weighted by molar-refractivity contribution is 5.99. The first-order chi connectivity index (χ1) is 19.0. The Morgan fingerprint density at radius 1 is 0.950 bits per heavy atom. The van der Waals surface area contributed by atoms with Crippen LogP contribution in [-0.4, -0.2) is 30.6 Å². The first kappa shape index (κ1) is 26.5. The van der Waals surface area contributed by atoms with Crippen LogP contribution < -0.4 is 15.4 Å². The van der Waals surface area contributed by atoms with E-state index in [4.69, 9.17) is 4.74 Å². The molecule has 0 atom stereocenters. The maximum absolute atomic E-state index is 14.9. The fraction of sp³-hybridized carbons (Fsp3) is 0.172. The molecule has 5 rings (SSSR count). The van der Waals surface area contributed by atoms with Gasteiger partial charge in [-0.25, -0.2) is 18.3 Å². The van der Waals surface area contributed by atoms with Crippen molar-refractivity contribution < 1.29 is 18.3 Å². The molecule has 0 radical (unpaired) electrons. The zero-order chi connectivity index (χ0) is 28.4. The van der Waals surface area contributed by atoms with Gasteiger partial charge in [0.15, 0.2) is 0 Å². The second kappa shape index (κ2) is 10.6. The third-order valence-corrected chi connectivity index (χ3v) is 5.95. The predicted molar refractivity (Wildman–Crippen MR) is 148 cm³/mol. The van der Waals surface area contributed by atoms with Crippen molar-refractivity contribution >= 4 is 17.5 Å². The van der Waals surface area contributed by atoms with E-state index in [1.54, 1.807) is 53.5 Å². The van der Waals surface area contributed by atoms with Gasteiger partial charge in [-0.3, -0.25) is 15.0 Å². The van der Waals surface area contributed by atoms with E-state index in [2.05, 4.69) is 25.8 Å². The van der Waals surface area contributed by atoms with Crippen molar-refractivity contribution in [2.75, 3.05) is 10.6 Å². The van der Waals surface area contributed by atoms with Gasteiger partial charge in [-0.2, -0.15) is 10.2 Å². The molecule has 9 nitrogen and oxygen atoms in total. The Bertz CT molecular complexity index is 1670. The van der Waals surface area contributed by atoms with Crippen LogP contribution in [0, 0.1) is 11.6 Å². The number of ether oxygens (including phenoxy) is 1. The number of aromatic nitrogens is 5. The molecule has 0 saturated heterocycles. The molecule has 40 heavy (non-hydrogen) atoms. The van der Waals surface area contributed by atoms with Crippen LogP contribution in [0.3, 0.4) is 0 Å². The minimum atomic E-state index is -0.684. The van der Waals surface area contributed by atoms with Crippen LogP contribution >= 0.6 is 0 Å². The van der Waals surface area contributed by atoms with Crippen LogP contribution in [0.1, 0.15) is 26.5 Å². The molecular weight excluding hydrogens is 516 g/mol. The second-order valence-corrected chi connectivity index (χ2v) is 10.2. The van der Waals surface area contributed by atoms with Crippen LogP contribution in [0.4, 0.5) is 25.1 Å². The van der Waals surface area contributed by atoms with Crippen molar-refractivity contribution in [3.63, 3.8) is 0 Å². The van der Waals surface area contributed by atoms with Gasteiger partial charge in [-0.05, 0) is 42.5 Å². The Morgan fingerprint density at radius 2 is 1.70 bits per heavy atom. The van der Waals surface area contributed by atoms with E-state index in [-0.39, 0.29) is 22.7 Å². The molecule has 0 spiro atoms. The predicted octanol–water partition coefficient (Wildman–Crippen LogP) is 6.68. The van der Waals surface area contributed by atoms with Gasteiger partial charge in [-0.15, -0.1) is 0 Å². The van der Waals surface area contributed by atoms with Crippen LogP contribution in [0.15, 0.2) is 79.3 Å². The lowest BCUT2D eigenvalue weighted by Crippen LogP contribution is -2.22. The highest BCUT2D eigenvalue weighted by atomic mass is 19.1. The van der Waals surface area contributed by atoms with Gasteiger partial charge in [0.25, 0.3) is 0 Å². The van der Waals surface area contributed by atoms with Gasteiger partial charge in [0.05, 0.1) is 29.0 Å². The van der Waals surface area contributed by atoms with Crippen LogP contribution in [-0.2, 0) is 12.5 Å². The number of pyridine rings is 1. The van der Waals surface area contributed by atoms with Crippen molar-refractivity contribution in [1.29, 1.82) is 0 Å². The number of hydrogen-bond acceptors (Lipinski definition) is 5. The number of rotatable bonds is 6. The number of benzene rings is 2. The molecule has 0 aliphatic rings. The summed E-state index contributed by atoms with van der Waals surface area (Å²) < 4.78 is 37.4. The molecule has 3 aromatic heterocycles. The number of hydrogen-bond donors (Lipinski definition) is 2. The minimum absolute atomic E-state index is 0.0421. The third kappa shape index (κ3) is 5.98. The number of nitrogens with zero attached hydrogens (tertiary/aromatic N) is 5. The number of amides is 2. The highest BCUT2D eigenvalue weighted by Crippen LogP contribution is 2.29. The summed E-state index contributed by atoms with van der Waals surface area (Å²) in [6.45, 7) is 5.95. The number of anilines is 2. The van der Waals surface area contributed by atoms with Crippen molar-refractivity contribution in [1.82, 2.24) is 24.5 Å². The number of urea groups is 1. The SMILES string of the molecule is Cn1cc(-c2cc(Oc3ccc(NC(=O)Nc4cc(C(C)(C)C)nn4-c4ccc(F)cc4)c(F)c3)ccn2)cn1. The summed E-state index contributed by atoms with van der Waals surface area (Å²) in [5, 5.41) is 14.0. The van der Waals surface area contributed by atoms with Crippen molar-refractivity contribution in [3.05, 3.63) is 96.6 Å². The van der Waals surface area contributed by atoms with Crippen LogP contribution in [0.5, 0.6) is 11.5 Å². The minimum Gasteiger partial charge on any atom is -0.457 e. The lowest BCUT2D eigenvalue weighted by Gasteiger charge is -2.14. The maximum atomic E-state index is 14.9. The molecule has 0 bridgehead atoms. The van der Waals surface area contributed by atoms with E-state index in [1.165, 1.54) is 28.9 Å². The molecule has 0 aliphatic carbocycles.